The van der Waals surface area contributed by atoms with Gasteiger partial charge in [0.2, 0.25) is 5.82 Å². The van der Waals surface area contributed by atoms with Crippen molar-refractivity contribution in [2.45, 2.75) is 43.9 Å². The molecule has 0 aromatic carbocycles. The predicted molar refractivity (Wildman–Crippen MR) is 106 cm³/mol. The number of aromatic nitrogens is 2. The summed E-state index contributed by atoms with van der Waals surface area (Å²) in [6.45, 7) is 2.27. The van der Waals surface area contributed by atoms with Crippen LogP contribution in [0, 0.1) is 17.7 Å². The monoisotopic (exact) mass is 553 g/mol. The van der Waals surface area contributed by atoms with Crippen molar-refractivity contribution in [1.82, 2.24) is 9.55 Å². The summed E-state index contributed by atoms with van der Waals surface area (Å²) in [5.41, 5.74) is 1.33. The van der Waals surface area contributed by atoms with E-state index in [0.717, 1.165) is 6.92 Å². The van der Waals surface area contributed by atoms with Crippen LogP contribution in [0.2, 0.25) is 0 Å². The van der Waals surface area contributed by atoms with Gasteiger partial charge in [-0.2, -0.15) is 13.0 Å². The van der Waals surface area contributed by atoms with Crippen LogP contribution < -0.4 is 17.0 Å². The number of hydrogen-bond acceptors (Lipinski definition) is 11. The Labute approximate surface area is 188 Å². The number of nitrogens with zero attached hydrogens (tertiary/aromatic N) is 1. The topological polar surface area (TPSA) is 270 Å². The minimum atomic E-state index is -5.82. The quantitative estimate of drug-likeness (QED) is 0.141. The third kappa shape index (κ3) is 6.56. The minimum absolute atomic E-state index is 0.424. The van der Waals surface area contributed by atoms with Gasteiger partial charge in [0, 0.05) is 0 Å². The number of nitrogens with one attached hydrogen (secondary N) is 1. The normalized spacial score (nSPS) is 29.5. The second kappa shape index (κ2) is 9.84. The fourth-order valence-electron chi connectivity index (χ4n) is 2.97. The first-order valence-corrected chi connectivity index (χ1v) is 13.2. The van der Waals surface area contributed by atoms with Gasteiger partial charge in [0.15, 0.2) is 11.8 Å². The highest BCUT2D eigenvalue weighted by Gasteiger charge is 2.57. The Hall–Kier alpha value is -1.54. The van der Waals surface area contributed by atoms with Crippen molar-refractivity contribution >= 4 is 23.5 Å². The molecule has 2 rings (SSSR count). The summed E-state index contributed by atoms with van der Waals surface area (Å²) in [5, 5.41) is 10.7. The maximum Gasteiger partial charge on any atom is 0.490 e. The van der Waals surface area contributed by atoms with Gasteiger partial charge in [0.05, 0.1) is 12.3 Å². The maximum absolute atomic E-state index is 13.8. The van der Waals surface area contributed by atoms with E-state index in [-0.39, 0.29) is 0 Å². The number of rotatable bonds is 8. The molecule has 1 aliphatic rings. The van der Waals surface area contributed by atoms with Gasteiger partial charge in [-0.15, -0.1) is 5.92 Å². The van der Waals surface area contributed by atoms with Crippen LogP contribution in [0.25, 0.3) is 0 Å². The molecule has 1 fully saturated rings. The van der Waals surface area contributed by atoms with E-state index in [9.17, 15) is 42.6 Å². The zero-order chi connectivity index (χ0) is 26.3. The highest BCUT2D eigenvalue weighted by Crippen LogP contribution is 2.66. The Bertz CT molecular complexity index is 1270. The van der Waals surface area contributed by atoms with Crippen LogP contribution in [-0.4, -0.2) is 58.1 Å². The summed E-state index contributed by atoms with van der Waals surface area (Å²) in [6, 6.07) is 0. The summed E-state index contributed by atoms with van der Waals surface area (Å²) in [7, 11) is -17.1. The fourth-order valence-corrected chi connectivity index (χ4v) is 6.17. The lowest BCUT2D eigenvalue weighted by atomic mass is 9.90. The lowest BCUT2D eigenvalue weighted by molar-refractivity contribution is -0.0757. The lowest BCUT2D eigenvalue weighted by Crippen LogP contribution is -2.56. The molecule has 1 saturated heterocycles. The molecule has 1 aromatic rings. The first-order valence-electron chi connectivity index (χ1n) is 8.71. The van der Waals surface area contributed by atoms with E-state index in [4.69, 9.17) is 20.3 Å². The first kappa shape index (κ1) is 28.7. The minimum Gasteiger partial charge on any atom is -0.387 e. The van der Waals surface area contributed by atoms with Crippen LogP contribution in [0.5, 0.6) is 0 Å². The number of aliphatic hydroxyl groups is 1. The van der Waals surface area contributed by atoms with Gasteiger partial charge >= 0.3 is 29.2 Å². The van der Waals surface area contributed by atoms with Crippen LogP contribution in [-0.2, 0) is 31.6 Å². The van der Waals surface area contributed by atoms with Crippen LogP contribution >= 0.6 is 23.5 Å². The van der Waals surface area contributed by atoms with E-state index in [2.05, 4.69) is 25.0 Å². The van der Waals surface area contributed by atoms with E-state index in [1.54, 1.807) is 4.98 Å². The molecule has 7 atom stereocenters. The molecule has 0 radical (unpaired) electrons. The molecule has 17 nitrogen and oxygen atoms in total. The molecule has 0 spiro atoms. The van der Waals surface area contributed by atoms with E-state index in [1.165, 1.54) is 6.92 Å². The van der Waals surface area contributed by atoms with Gasteiger partial charge in [0.1, 0.15) is 12.2 Å². The number of nitrogens with two attached hydrogens (primary N) is 1. The highest BCUT2D eigenvalue weighted by molar-refractivity contribution is 7.66. The Kier molecular flexibility index (Phi) is 8.31. The molecule has 0 bridgehead atoms. The standard InChI is InChI=1S/C13H19FN3O14P3/c1-3-4-13(15)9(18)8(28-11(13)17-5-7(14)10(19)16-12(17)20)6(2)29-33(24,25)31-34(26,27)30-32(21,22)23/h5-6,8-9,11,18H,15H2,1-2H3,(H,24,25)(H,26,27)(H,16,19,20)(H2,21,22,23)/t6-,8+,9?,11+,13+/m0/s1. The van der Waals surface area contributed by atoms with Gasteiger partial charge < -0.3 is 35.2 Å². The zero-order valence-corrected chi connectivity index (χ0v) is 19.7. The van der Waals surface area contributed by atoms with Crippen LogP contribution in [0.1, 0.15) is 20.1 Å². The predicted octanol–water partition coefficient (Wildman–Crippen LogP) is -1.61. The van der Waals surface area contributed by atoms with Gasteiger partial charge in [-0.05, 0) is 13.8 Å². The molecule has 34 heavy (non-hydrogen) atoms. The Balaban J connectivity index is 2.36. The molecular weight excluding hydrogens is 534 g/mol. The van der Waals surface area contributed by atoms with Gasteiger partial charge in [-0.3, -0.25) is 18.9 Å². The van der Waals surface area contributed by atoms with Crippen molar-refractivity contribution in [3.63, 3.8) is 0 Å². The molecule has 3 unspecified atom stereocenters. The fraction of sp³-hybridized carbons (Fsp3) is 0.538. The number of ether oxygens (including phenoxy) is 1. The second-order valence-electron chi connectivity index (χ2n) is 6.75. The van der Waals surface area contributed by atoms with Crippen molar-refractivity contribution in [3.05, 3.63) is 32.9 Å². The van der Waals surface area contributed by atoms with Crippen molar-refractivity contribution in [3.8, 4) is 11.8 Å². The van der Waals surface area contributed by atoms with Crippen LogP contribution in [0.3, 0.4) is 0 Å². The molecule has 1 aromatic heterocycles. The molecule has 8 N–H and O–H groups in total. The van der Waals surface area contributed by atoms with E-state index < -0.39 is 70.6 Å². The molecule has 0 amide bonds. The third-order valence-corrected chi connectivity index (χ3v) is 8.12. The second-order valence-corrected chi connectivity index (χ2v) is 11.1. The van der Waals surface area contributed by atoms with Crippen molar-refractivity contribution in [2.75, 3.05) is 0 Å². The average Bonchev–Trinajstić information content (AvgIpc) is 2.86. The summed E-state index contributed by atoms with van der Waals surface area (Å²) >= 11 is 0. The summed E-state index contributed by atoms with van der Waals surface area (Å²) < 4.78 is 65.7. The summed E-state index contributed by atoms with van der Waals surface area (Å²) in [4.78, 5) is 61.1. The summed E-state index contributed by atoms with van der Waals surface area (Å²) in [5.74, 6) is 3.30. The number of hydrogen-bond donors (Lipinski definition) is 7. The zero-order valence-electron chi connectivity index (χ0n) is 17.0. The smallest absolute Gasteiger partial charge is 0.387 e. The number of phosphoric acid groups is 3. The molecule has 2 heterocycles. The molecule has 21 heteroatoms. The van der Waals surface area contributed by atoms with Gasteiger partial charge in [0.25, 0.3) is 5.56 Å². The Morgan fingerprint density at radius 1 is 1.24 bits per heavy atom. The SMILES string of the molecule is CC#C[C@@]1(N)C(O)[C@@H]([C@H](C)OP(=O)(O)OP(=O)(O)OP(=O)(O)O)O[C@H]1n1cc(F)c(=O)[nH]c1=O. The van der Waals surface area contributed by atoms with Crippen LogP contribution in [0.15, 0.2) is 15.8 Å². The molecule has 0 aliphatic carbocycles. The lowest BCUT2D eigenvalue weighted by Gasteiger charge is -2.28. The maximum atomic E-state index is 13.8. The van der Waals surface area contributed by atoms with Crippen LogP contribution in [0.4, 0.5) is 4.39 Å². The molecule has 0 saturated carbocycles. The van der Waals surface area contributed by atoms with Gasteiger partial charge in [-0.1, -0.05) is 5.92 Å². The van der Waals surface area contributed by atoms with Gasteiger partial charge in [-0.25, -0.2) is 18.5 Å². The third-order valence-electron chi connectivity index (χ3n) is 4.19. The number of H-pyrrole nitrogens is 1. The first-order chi connectivity index (χ1) is 15.3. The van der Waals surface area contributed by atoms with Crippen molar-refractivity contribution in [1.29, 1.82) is 0 Å². The Morgan fingerprint density at radius 2 is 1.82 bits per heavy atom. The number of halogens is 1. The van der Waals surface area contributed by atoms with E-state index >= 15 is 0 Å². The number of phosphoric ester groups is 1. The van der Waals surface area contributed by atoms with Crippen molar-refractivity contribution in [2.24, 2.45) is 5.73 Å². The largest absolute Gasteiger partial charge is 0.490 e. The Morgan fingerprint density at radius 3 is 2.35 bits per heavy atom. The average molecular weight is 553 g/mol. The molecular formula is C13H19FN3O14P3. The molecule has 1 aliphatic heterocycles. The number of aromatic amines is 1. The number of aliphatic hydroxyl groups excluding tert-OH is 1. The summed E-state index contributed by atoms with van der Waals surface area (Å²) in [6.07, 6.45) is -6.77. The highest BCUT2D eigenvalue weighted by atomic mass is 31.3. The molecule has 192 valence electrons. The van der Waals surface area contributed by atoms with Crippen molar-refractivity contribution < 1.29 is 60.6 Å². The van der Waals surface area contributed by atoms with E-state index in [0.29, 0.717) is 10.8 Å². The van der Waals surface area contributed by atoms with E-state index in [1.807, 2.05) is 0 Å².